The normalized spacial score (nSPS) is 16.9. The van der Waals surface area contributed by atoms with Crippen LogP contribution in [0.1, 0.15) is 17.7 Å². The summed E-state index contributed by atoms with van der Waals surface area (Å²) in [7, 11) is 0. The first kappa shape index (κ1) is 19.7. The van der Waals surface area contributed by atoms with Crippen LogP contribution in [0.5, 0.6) is 5.75 Å². The van der Waals surface area contributed by atoms with E-state index in [4.69, 9.17) is 0 Å². The molecule has 0 aliphatic carbocycles. The molecule has 1 aliphatic heterocycles. The minimum absolute atomic E-state index is 0.101. The number of ether oxygens (including phenoxy) is 1. The molecule has 3 rings (SSSR count). The molecule has 2 amide bonds. The Morgan fingerprint density at radius 1 is 1.21 bits per heavy atom. The van der Waals surface area contributed by atoms with E-state index in [0.717, 1.165) is 5.69 Å². The first-order valence-corrected chi connectivity index (χ1v) is 8.60. The van der Waals surface area contributed by atoms with Gasteiger partial charge in [-0.25, -0.2) is 0 Å². The average Bonchev–Trinajstić information content (AvgIpc) is 3.02. The summed E-state index contributed by atoms with van der Waals surface area (Å²) < 4.78 is 40.4. The third-order valence-electron chi connectivity index (χ3n) is 4.29. The van der Waals surface area contributed by atoms with Crippen LogP contribution in [0.25, 0.3) is 0 Å². The molecule has 2 aromatic rings. The molecule has 1 atom stereocenters. The molecule has 148 valence electrons. The van der Waals surface area contributed by atoms with Gasteiger partial charge in [0, 0.05) is 25.7 Å². The van der Waals surface area contributed by atoms with Crippen molar-refractivity contribution in [2.75, 3.05) is 6.54 Å². The summed E-state index contributed by atoms with van der Waals surface area (Å²) in [6, 6.07) is 10.7. The van der Waals surface area contributed by atoms with Crippen molar-refractivity contribution in [1.29, 1.82) is 0 Å². The number of amides is 2. The number of carbonyl (C=O) groups is 2. The van der Waals surface area contributed by atoms with Crippen molar-refractivity contribution in [3.8, 4) is 5.75 Å². The lowest BCUT2D eigenvalue weighted by molar-refractivity contribution is -0.274. The lowest BCUT2D eigenvalue weighted by Gasteiger charge is -2.17. The zero-order valence-corrected chi connectivity index (χ0v) is 14.8. The van der Waals surface area contributed by atoms with Crippen LogP contribution in [-0.2, 0) is 22.7 Å². The maximum absolute atomic E-state index is 12.3. The van der Waals surface area contributed by atoms with Crippen LogP contribution in [0, 0.1) is 5.92 Å². The highest BCUT2D eigenvalue weighted by atomic mass is 19.4. The number of nitrogens with zero attached hydrogens (tertiary/aromatic N) is 2. The maximum Gasteiger partial charge on any atom is 0.573 e. The first-order valence-electron chi connectivity index (χ1n) is 8.60. The van der Waals surface area contributed by atoms with E-state index in [-0.39, 0.29) is 43.6 Å². The molecule has 1 aliphatic rings. The second kappa shape index (κ2) is 8.28. The van der Waals surface area contributed by atoms with Crippen molar-refractivity contribution in [1.82, 2.24) is 15.2 Å². The van der Waals surface area contributed by atoms with Crippen LogP contribution in [0.15, 0.2) is 48.7 Å². The van der Waals surface area contributed by atoms with Crippen molar-refractivity contribution in [3.05, 3.63) is 59.9 Å². The Balaban J connectivity index is 1.52. The van der Waals surface area contributed by atoms with Crippen molar-refractivity contribution in [3.63, 3.8) is 0 Å². The zero-order valence-electron chi connectivity index (χ0n) is 14.8. The van der Waals surface area contributed by atoms with Gasteiger partial charge in [-0.15, -0.1) is 13.2 Å². The van der Waals surface area contributed by atoms with E-state index >= 15 is 0 Å². The van der Waals surface area contributed by atoms with E-state index in [2.05, 4.69) is 15.0 Å². The topological polar surface area (TPSA) is 71.5 Å². The first-order chi connectivity index (χ1) is 13.3. The van der Waals surface area contributed by atoms with E-state index in [1.165, 1.54) is 29.2 Å². The number of hydrogen-bond acceptors (Lipinski definition) is 4. The van der Waals surface area contributed by atoms with Gasteiger partial charge in [-0.3, -0.25) is 14.6 Å². The monoisotopic (exact) mass is 393 g/mol. The van der Waals surface area contributed by atoms with E-state index in [0.29, 0.717) is 5.56 Å². The Morgan fingerprint density at radius 2 is 1.96 bits per heavy atom. The van der Waals surface area contributed by atoms with Crippen molar-refractivity contribution < 1.29 is 27.5 Å². The van der Waals surface area contributed by atoms with Crippen molar-refractivity contribution in [2.24, 2.45) is 5.92 Å². The fourth-order valence-corrected chi connectivity index (χ4v) is 2.94. The Bertz CT molecular complexity index is 826. The van der Waals surface area contributed by atoms with Crippen LogP contribution < -0.4 is 10.1 Å². The smallest absolute Gasteiger partial charge is 0.406 e. The van der Waals surface area contributed by atoms with Crippen LogP contribution >= 0.6 is 0 Å². The van der Waals surface area contributed by atoms with E-state index in [1.54, 1.807) is 18.3 Å². The van der Waals surface area contributed by atoms with Gasteiger partial charge < -0.3 is 15.0 Å². The second-order valence-electron chi connectivity index (χ2n) is 6.41. The summed E-state index contributed by atoms with van der Waals surface area (Å²) in [6.07, 6.45) is -3.01. The summed E-state index contributed by atoms with van der Waals surface area (Å²) in [5, 5.41) is 2.77. The maximum atomic E-state index is 12.3. The number of rotatable bonds is 6. The number of pyridine rings is 1. The Labute approximate surface area is 159 Å². The highest BCUT2D eigenvalue weighted by molar-refractivity contribution is 5.89. The lowest BCUT2D eigenvalue weighted by atomic mass is 10.1. The summed E-state index contributed by atoms with van der Waals surface area (Å²) in [4.78, 5) is 30.1. The van der Waals surface area contributed by atoms with E-state index < -0.39 is 12.3 Å². The van der Waals surface area contributed by atoms with Gasteiger partial charge in [0.1, 0.15) is 5.75 Å². The largest absolute Gasteiger partial charge is 0.573 e. The molecular formula is C19H18F3N3O3. The summed E-state index contributed by atoms with van der Waals surface area (Å²) in [5.74, 6) is -1.19. The molecule has 28 heavy (non-hydrogen) atoms. The Kier molecular flexibility index (Phi) is 5.81. The molecule has 2 heterocycles. The SMILES string of the molecule is O=C(NCc1ccccn1)[C@H]1CC(=O)N(Cc2ccc(OC(F)(F)F)cc2)C1. The molecular weight excluding hydrogens is 375 g/mol. The van der Waals surface area contributed by atoms with Gasteiger partial charge in [0.05, 0.1) is 18.2 Å². The van der Waals surface area contributed by atoms with Crippen LogP contribution in [0.3, 0.4) is 0 Å². The molecule has 1 fully saturated rings. The van der Waals surface area contributed by atoms with Crippen LogP contribution in [0.2, 0.25) is 0 Å². The zero-order chi connectivity index (χ0) is 20.1. The van der Waals surface area contributed by atoms with Gasteiger partial charge in [0.2, 0.25) is 11.8 Å². The molecule has 1 saturated heterocycles. The molecule has 1 aromatic heterocycles. The number of hydrogen-bond donors (Lipinski definition) is 1. The molecule has 9 heteroatoms. The van der Waals surface area contributed by atoms with Crippen molar-refractivity contribution in [2.45, 2.75) is 25.9 Å². The van der Waals surface area contributed by atoms with Crippen LogP contribution in [-0.4, -0.2) is 34.6 Å². The molecule has 0 saturated carbocycles. The third-order valence-corrected chi connectivity index (χ3v) is 4.29. The third kappa shape index (κ3) is 5.45. The minimum atomic E-state index is -4.75. The van der Waals surface area contributed by atoms with Gasteiger partial charge in [-0.2, -0.15) is 0 Å². The molecule has 0 unspecified atom stereocenters. The standard InChI is InChI=1S/C19H18F3N3O3/c20-19(21,22)28-16-6-4-13(5-7-16)11-25-12-14(9-17(25)26)18(27)24-10-15-3-1-2-8-23-15/h1-8,14H,9-12H2,(H,24,27)/t14-/m0/s1. The Hall–Kier alpha value is -3.10. The van der Waals surface area contributed by atoms with Gasteiger partial charge in [0.15, 0.2) is 0 Å². The quantitative estimate of drug-likeness (QED) is 0.819. The number of alkyl halides is 3. The summed E-state index contributed by atoms with van der Waals surface area (Å²) in [5.41, 5.74) is 1.37. The van der Waals surface area contributed by atoms with Crippen molar-refractivity contribution >= 4 is 11.8 Å². The van der Waals surface area contributed by atoms with Gasteiger partial charge >= 0.3 is 6.36 Å². The van der Waals surface area contributed by atoms with Gasteiger partial charge in [0.25, 0.3) is 0 Å². The number of likely N-dealkylation sites (tertiary alicyclic amines) is 1. The summed E-state index contributed by atoms with van der Waals surface area (Å²) >= 11 is 0. The Morgan fingerprint density at radius 3 is 2.61 bits per heavy atom. The molecule has 0 spiro atoms. The summed E-state index contributed by atoms with van der Waals surface area (Å²) in [6.45, 7) is 0.758. The predicted octanol–water partition coefficient (Wildman–Crippen LogP) is 2.65. The predicted molar refractivity (Wildman–Crippen MR) is 92.7 cm³/mol. The highest BCUT2D eigenvalue weighted by Crippen LogP contribution is 2.24. The highest BCUT2D eigenvalue weighted by Gasteiger charge is 2.34. The van der Waals surface area contributed by atoms with Gasteiger partial charge in [-0.05, 0) is 29.8 Å². The molecule has 6 nitrogen and oxygen atoms in total. The van der Waals surface area contributed by atoms with Gasteiger partial charge in [-0.1, -0.05) is 18.2 Å². The number of aromatic nitrogens is 1. The van der Waals surface area contributed by atoms with E-state index in [9.17, 15) is 22.8 Å². The van der Waals surface area contributed by atoms with Crippen LogP contribution in [0.4, 0.5) is 13.2 Å². The fourth-order valence-electron chi connectivity index (χ4n) is 2.94. The van der Waals surface area contributed by atoms with E-state index in [1.807, 2.05) is 6.07 Å². The molecule has 1 aromatic carbocycles. The second-order valence-corrected chi connectivity index (χ2v) is 6.41. The minimum Gasteiger partial charge on any atom is -0.406 e. The molecule has 1 N–H and O–H groups in total. The number of nitrogens with one attached hydrogen (secondary N) is 1. The molecule has 0 bridgehead atoms. The fraction of sp³-hybridized carbons (Fsp3) is 0.316. The number of halogens is 3. The number of benzene rings is 1. The number of carbonyl (C=O) groups excluding carboxylic acids is 2. The molecule has 0 radical (unpaired) electrons. The lowest BCUT2D eigenvalue weighted by Crippen LogP contribution is -2.32. The average molecular weight is 393 g/mol.